The number of amides is 2. The third-order valence-electron chi connectivity index (χ3n) is 5.58. The van der Waals surface area contributed by atoms with Crippen molar-refractivity contribution in [2.45, 2.75) is 32.5 Å². The molecule has 2 heterocycles. The fraction of sp³-hybridized carbons (Fsp3) is 0.185. The van der Waals surface area contributed by atoms with Gasteiger partial charge in [-0.2, -0.15) is 13.2 Å². The molecule has 0 atom stereocenters. The van der Waals surface area contributed by atoms with Gasteiger partial charge in [-0.05, 0) is 49.7 Å². The number of carbonyl (C=O) groups is 3. The summed E-state index contributed by atoms with van der Waals surface area (Å²) in [7, 11) is 0. The summed E-state index contributed by atoms with van der Waals surface area (Å²) in [6.07, 6.45) is -4.11. The molecule has 0 saturated heterocycles. The molecule has 0 aliphatic carbocycles. The van der Waals surface area contributed by atoms with E-state index in [0.717, 1.165) is 18.2 Å². The Bertz CT molecular complexity index is 1570. The summed E-state index contributed by atoms with van der Waals surface area (Å²) in [6.45, 7) is 3.65. The Morgan fingerprint density at radius 1 is 1.02 bits per heavy atom. The Labute approximate surface area is 230 Å². The average molecular weight is 571 g/mol. The van der Waals surface area contributed by atoms with Crippen LogP contribution in [0.5, 0.6) is 0 Å². The fourth-order valence-electron chi connectivity index (χ4n) is 3.65. The lowest BCUT2D eigenvalue weighted by Gasteiger charge is -2.22. The van der Waals surface area contributed by atoms with Crippen LogP contribution in [0.2, 0.25) is 0 Å². The van der Waals surface area contributed by atoms with Gasteiger partial charge in [0.05, 0.1) is 12.0 Å². The second-order valence-corrected chi connectivity index (χ2v) is 8.92. The number of aromatic nitrogens is 4. The quantitative estimate of drug-likeness (QED) is 0.248. The van der Waals surface area contributed by atoms with E-state index < -0.39 is 41.2 Å². The molecule has 0 saturated carbocycles. The van der Waals surface area contributed by atoms with Crippen LogP contribution in [0, 0.1) is 5.82 Å². The summed E-state index contributed by atoms with van der Waals surface area (Å²) in [4.78, 5) is 46.1. The fourth-order valence-corrected chi connectivity index (χ4v) is 3.65. The first-order chi connectivity index (χ1) is 19.4. The lowest BCUT2D eigenvalue weighted by Crippen LogP contribution is -2.39. The van der Waals surface area contributed by atoms with E-state index in [1.54, 1.807) is 34.9 Å². The van der Waals surface area contributed by atoms with E-state index in [9.17, 15) is 31.9 Å². The lowest BCUT2D eigenvalue weighted by atomic mass is 10.1. The molecular formula is C27H22F4N6O4. The summed E-state index contributed by atoms with van der Waals surface area (Å²) < 4.78 is 55.8. The summed E-state index contributed by atoms with van der Waals surface area (Å²) >= 11 is 0. The Hall–Kier alpha value is -5.14. The SMILES string of the molecule is CC(C)n1cnnc1-c1cccc(N(OC(=O)C(F)(F)F)C(=O)c2cc(NC(=O)Cc3ccccc3)ccc2F)n1. The van der Waals surface area contributed by atoms with Crippen molar-refractivity contribution in [1.82, 2.24) is 19.7 Å². The number of anilines is 2. The molecule has 41 heavy (non-hydrogen) atoms. The maximum Gasteiger partial charge on any atom is 0.493 e. The number of hydrogen-bond donors (Lipinski definition) is 1. The van der Waals surface area contributed by atoms with E-state index in [2.05, 4.69) is 25.3 Å². The summed E-state index contributed by atoms with van der Waals surface area (Å²) in [5, 5.41) is 10.2. The minimum absolute atomic E-state index is 0.0236. The highest BCUT2D eigenvalue weighted by Crippen LogP contribution is 2.26. The average Bonchev–Trinajstić information content (AvgIpc) is 3.43. The molecule has 2 aromatic carbocycles. The van der Waals surface area contributed by atoms with Crippen molar-refractivity contribution in [3.63, 3.8) is 0 Å². The minimum Gasteiger partial charge on any atom is -0.326 e. The highest BCUT2D eigenvalue weighted by Gasteiger charge is 2.44. The van der Waals surface area contributed by atoms with E-state index in [1.807, 2.05) is 13.8 Å². The van der Waals surface area contributed by atoms with Gasteiger partial charge in [0, 0.05) is 11.7 Å². The zero-order valence-corrected chi connectivity index (χ0v) is 21.6. The molecule has 0 radical (unpaired) electrons. The van der Waals surface area contributed by atoms with Crippen LogP contribution in [0.15, 0.2) is 73.1 Å². The van der Waals surface area contributed by atoms with E-state index in [-0.39, 0.29) is 34.7 Å². The van der Waals surface area contributed by atoms with Gasteiger partial charge in [0.15, 0.2) is 11.6 Å². The van der Waals surface area contributed by atoms with E-state index >= 15 is 0 Å². The van der Waals surface area contributed by atoms with Gasteiger partial charge in [0.2, 0.25) is 5.91 Å². The van der Waals surface area contributed by atoms with E-state index in [1.165, 1.54) is 24.5 Å². The molecule has 4 rings (SSSR count). The molecule has 212 valence electrons. The third-order valence-corrected chi connectivity index (χ3v) is 5.58. The summed E-state index contributed by atoms with van der Waals surface area (Å²) in [5.41, 5.74) is -0.0515. The van der Waals surface area contributed by atoms with Crippen molar-refractivity contribution in [1.29, 1.82) is 0 Å². The van der Waals surface area contributed by atoms with Crippen molar-refractivity contribution in [2.75, 3.05) is 10.4 Å². The number of benzene rings is 2. The van der Waals surface area contributed by atoms with Gasteiger partial charge in [-0.25, -0.2) is 14.2 Å². The molecule has 4 aromatic rings. The Balaban J connectivity index is 1.68. The van der Waals surface area contributed by atoms with Crippen LogP contribution in [0.4, 0.5) is 29.1 Å². The largest absolute Gasteiger partial charge is 0.493 e. The van der Waals surface area contributed by atoms with Crippen molar-refractivity contribution in [3.8, 4) is 11.5 Å². The molecule has 0 aliphatic heterocycles. The number of rotatable bonds is 7. The third kappa shape index (κ3) is 6.90. The standard InChI is InChI=1S/C27H22F4N6O4/c1-16(2)36-15-32-35-24(36)21-9-6-10-22(34-21)37(41-26(40)27(29,30)31)25(39)19-14-18(11-12-20(19)28)33-23(38)13-17-7-4-3-5-8-17/h3-12,14-16H,13H2,1-2H3,(H,33,38). The van der Waals surface area contributed by atoms with Crippen LogP contribution in [0.25, 0.3) is 11.5 Å². The summed E-state index contributed by atoms with van der Waals surface area (Å²) in [6, 6.07) is 15.3. The number of hydrogen-bond acceptors (Lipinski definition) is 7. The minimum atomic E-state index is -5.49. The molecule has 0 aliphatic rings. The molecule has 1 N–H and O–H groups in total. The Morgan fingerprint density at radius 3 is 2.44 bits per heavy atom. The van der Waals surface area contributed by atoms with Gasteiger partial charge < -0.3 is 14.7 Å². The van der Waals surface area contributed by atoms with Crippen molar-refractivity contribution in [3.05, 3.63) is 90.0 Å². The Kier molecular flexibility index (Phi) is 8.40. The maximum atomic E-state index is 14.8. The number of nitrogens with one attached hydrogen (secondary N) is 1. The van der Waals surface area contributed by atoms with Gasteiger partial charge in [0.1, 0.15) is 17.8 Å². The first-order valence-corrected chi connectivity index (χ1v) is 12.1. The molecule has 0 fully saturated rings. The predicted octanol–water partition coefficient (Wildman–Crippen LogP) is 4.91. The molecule has 10 nitrogen and oxygen atoms in total. The monoisotopic (exact) mass is 570 g/mol. The highest BCUT2D eigenvalue weighted by atomic mass is 19.4. The molecule has 0 unspecified atom stereocenters. The summed E-state index contributed by atoms with van der Waals surface area (Å²) in [5.74, 6) is -6.23. The van der Waals surface area contributed by atoms with Crippen LogP contribution in [-0.4, -0.2) is 43.7 Å². The highest BCUT2D eigenvalue weighted by molar-refractivity contribution is 6.06. The second kappa shape index (κ2) is 11.9. The molecule has 2 amide bonds. The van der Waals surface area contributed by atoms with Crippen molar-refractivity contribution in [2.24, 2.45) is 0 Å². The van der Waals surface area contributed by atoms with Crippen molar-refractivity contribution < 1.29 is 36.8 Å². The second-order valence-electron chi connectivity index (χ2n) is 8.92. The first-order valence-electron chi connectivity index (χ1n) is 12.1. The zero-order chi connectivity index (χ0) is 29.7. The number of nitrogens with zero attached hydrogens (tertiary/aromatic N) is 5. The van der Waals surface area contributed by atoms with Gasteiger partial charge in [-0.15, -0.1) is 15.3 Å². The number of halogens is 4. The topological polar surface area (TPSA) is 119 Å². The molecule has 2 aromatic heterocycles. The normalized spacial score (nSPS) is 11.3. The van der Waals surface area contributed by atoms with Crippen molar-refractivity contribution >= 4 is 29.3 Å². The number of pyridine rings is 1. The number of carbonyl (C=O) groups excluding carboxylic acids is 3. The van der Waals surface area contributed by atoms with Crippen LogP contribution in [0.1, 0.15) is 35.8 Å². The van der Waals surface area contributed by atoms with Crippen LogP contribution < -0.4 is 10.4 Å². The maximum absolute atomic E-state index is 14.8. The lowest BCUT2D eigenvalue weighted by molar-refractivity contribution is -0.200. The molecule has 0 spiro atoms. The first kappa shape index (κ1) is 28.9. The predicted molar refractivity (Wildman–Crippen MR) is 138 cm³/mol. The van der Waals surface area contributed by atoms with E-state index in [4.69, 9.17) is 0 Å². The van der Waals surface area contributed by atoms with Crippen LogP contribution in [0.3, 0.4) is 0 Å². The zero-order valence-electron chi connectivity index (χ0n) is 21.6. The van der Waals surface area contributed by atoms with Gasteiger partial charge in [-0.3, -0.25) is 9.59 Å². The number of hydroxylamine groups is 1. The van der Waals surface area contributed by atoms with Crippen LogP contribution in [-0.2, 0) is 20.8 Å². The van der Waals surface area contributed by atoms with Crippen LogP contribution >= 0.6 is 0 Å². The van der Waals surface area contributed by atoms with Gasteiger partial charge >= 0.3 is 12.1 Å². The Morgan fingerprint density at radius 2 is 1.76 bits per heavy atom. The molecular weight excluding hydrogens is 548 g/mol. The molecule has 0 bridgehead atoms. The smallest absolute Gasteiger partial charge is 0.326 e. The van der Waals surface area contributed by atoms with Gasteiger partial charge in [-0.1, -0.05) is 36.4 Å². The van der Waals surface area contributed by atoms with Gasteiger partial charge in [0.25, 0.3) is 5.91 Å². The number of alkyl halides is 3. The van der Waals surface area contributed by atoms with E-state index in [0.29, 0.717) is 5.56 Å². The molecule has 14 heteroatoms.